The Bertz CT molecular complexity index is 1250. The minimum Gasteiger partial charge on any atom is -0.492 e. The maximum atomic E-state index is 13.5. The molecule has 0 bridgehead atoms. The Morgan fingerprint density at radius 1 is 1.00 bits per heavy atom. The first-order chi connectivity index (χ1) is 15.6. The number of carbonyl (C=O) groups excluding carboxylic acids is 1. The second-order valence-corrected chi connectivity index (χ2v) is 6.74. The smallest absolute Gasteiger partial charge is 0.255 e. The Morgan fingerprint density at radius 3 is 2.69 bits per heavy atom. The summed E-state index contributed by atoms with van der Waals surface area (Å²) >= 11 is 0. The number of hydrogen-bond donors (Lipinski definition) is 1. The number of nitrogens with zero attached hydrogens (tertiary/aromatic N) is 2. The molecule has 160 valence electrons. The van der Waals surface area contributed by atoms with Gasteiger partial charge in [-0.1, -0.05) is 30.3 Å². The molecule has 1 amide bonds. The van der Waals surface area contributed by atoms with Crippen LogP contribution in [0, 0.1) is 5.82 Å². The number of hydrogen-bond acceptors (Lipinski definition) is 5. The molecule has 4 rings (SSSR count). The third-order valence-corrected chi connectivity index (χ3v) is 4.47. The fourth-order valence-electron chi connectivity index (χ4n) is 3.03. The van der Waals surface area contributed by atoms with E-state index in [0.29, 0.717) is 40.7 Å². The van der Waals surface area contributed by atoms with Crippen molar-refractivity contribution in [2.75, 3.05) is 11.9 Å². The number of amides is 1. The summed E-state index contributed by atoms with van der Waals surface area (Å²) in [6, 6.07) is 21.6. The molecule has 0 radical (unpaired) electrons. The van der Waals surface area contributed by atoms with Gasteiger partial charge in [-0.25, -0.2) is 9.37 Å². The lowest BCUT2D eigenvalue weighted by Gasteiger charge is -2.12. The molecular weight excluding hydrogens is 409 g/mol. The zero-order valence-electron chi connectivity index (χ0n) is 17.3. The van der Waals surface area contributed by atoms with Gasteiger partial charge in [0.05, 0.1) is 12.3 Å². The third-order valence-electron chi connectivity index (χ3n) is 4.47. The van der Waals surface area contributed by atoms with E-state index in [1.54, 1.807) is 54.6 Å². The summed E-state index contributed by atoms with van der Waals surface area (Å²) in [5.41, 5.74) is 1.53. The normalized spacial score (nSPS) is 10.4. The van der Waals surface area contributed by atoms with Gasteiger partial charge >= 0.3 is 0 Å². The molecule has 0 saturated carbocycles. The Labute approximate surface area is 184 Å². The lowest BCUT2D eigenvalue weighted by atomic mass is 10.2. The number of nitrogens with one attached hydrogen (secondary N) is 1. The van der Waals surface area contributed by atoms with Crippen LogP contribution in [0.4, 0.5) is 10.1 Å². The van der Waals surface area contributed by atoms with E-state index >= 15 is 0 Å². The first kappa shape index (κ1) is 21.0. The molecule has 0 aliphatic heterocycles. The van der Waals surface area contributed by atoms with Gasteiger partial charge in [-0.2, -0.15) is 4.98 Å². The van der Waals surface area contributed by atoms with Crippen molar-refractivity contribution in [2.45, 2.75) is 6.92 Å². The topological polar surface area (TPSA) is 73.3 Å². The molecule has 0 aliphatic rings. The van der Waals surface area contributed by atoms with Crippen LogP contribution in [0.2, 0.25) is 0 Å². The highest BCUT2D eigenvalue weighted by Crippen LogP contribution is 2.26. The van der Waals surface area contributed by atoms with Crippen LogP contribution in [0.1, 0.15) is 17.3 Å². The van der Waals surface area contributed by atoms with Crippen LogP contribution in [-0.4, -0.2) is 22.5 Å². The zero-order valence-corrected chi connectivity index (χ0v) is 17.3. The molecule has 1 N–H and O–H groups in total. The van der Waals surface area contributed by atoms with E-state index in [1.165, 1.54) is 18.3 Å². The maximum Gasteiger partial charge on any atom is 0.255 e. The van der Waals surface area contributed by atoms with Crippen LogP contribution in [0.25, 0.3) is 11.4 Å². The van der Waals surface area contributed by atoms with Crippen molar-refractivity contribution in [1.82, 2.24) is 9.97 Å². The number of para-hydroxylation sites is 2. The van der Waals surface area contributed by atoms with Crippen LogP contribution in [0.3, 0.4) is 0 Å². The second kappa shape index (κ2) is 9.70. The number of halogens is 1. The number of aromatic nitrogens is 2. The van der Waals surface area contributed by atoms with Crippen molar-refractivity contribution in [1.29, 1.82) is 0 Å². The molecule has 0 fully saturated rings. The van der Waals surface area contributed by atoms with Gasteiger partial charge in [-0.3, -0.25) is 4.79 Å². The fourth-order valence-corrected chi connectivity index (χ4v) is 3.03. The van der Waals surface area contributed by atoms with Crippen LogP contribution in [0.5, 0.6) is 17.4 Å². The summed E-state index contributed by atoms with van der Waals surface area (Å²) in [6.45, 7) is 2.37. The number of rotatable bonds is 7. The molecule has 7 heteroatoms. The molecule has 1 heterocycles. The Balaban J connectivity index is 1.51. The van der Waals surface area contributed by atoms with Gasteiger partial charge in [0.15, 0.2) is 5.82 Å². The van der Waals surface area contributed by atoms with Crippen molar-refractivity contribution in [3.8, 4) is 28.8 Å². The highest BCUT2D eigenvalue weighted by molar-refractivity contribution is 6.05. The van der Waals surface area contributed by atoms with Crippen molar-refractivity contribution < 1.29 is 18.7 Å². The summed E-state index contributed by atoms with van der Waals surface area (Å²) in [7, 11) is 0. The van der Waals surface area contributed by atoms with Crippen LogP contribution in [-0.2, 0) is 0 Å². The first-order valence-electron chi connectivity index (χ1n) is 10.0. The molecule has 0 aliphatic carbocycles. The van der Waals surface area contributed by atoms with E-state index in [0.717, 1.165) is 0 Å². The van der Waals surface area contributed by atoms with Gasteiger partial charge in [-0.05, 0) is 49.4 Å². The van der Waals surface area contributed by atoms with E-state index in [4.69, 9.17) is 9.47 Å². The number of carbonyl (C=O) groups is 1. The maximum absolute atomic E-state index is 13.5. The van der Waals surface area contributed by atoms with Gasteiger partial charge in [0, 0.05) is 23.4 Å². The minimum atomic E-state index is -0.373. The first-order valence-corrected chi connectivity index (χ1v) is 10.0. The Hall–Kier alpha value is -4.26. The summed E-state index contributed by atoms with van der Waals surface area (Å²) < 4.78 is 24.9. The second-order valence-electron chi connectivity index (χ2n) is 6.74. The zero-order chi connectivity index (χ0) is 22.3. The molecule has 0 unspecified atom stereocenters. The van der Waals surface area contributed by atoms with Gasteiger partial charge in [0.2, 0.25) is 5.88 Å². The Kier molecular flexibility index (Phi) is 6.36. The van der Waals surface area contributed by atoms with Crippen LogP contribution < -0.4 is 14.8 Å². The van der Waals surface area contributed by atoms with E-state index < -0.39 is 0 Å². The molecule has 3 aromatic carbocycles. The monoisotopic (exact) mass is 429 g/mol. The predicted molar refractivity (Wildman–Crippen MR) is 120 cm³/mol. The van der Waals surface area contributed by atoms with Gasteiger partial charge in [0.1, 0.15) is 17.3 Å². The molecule has 0 spiro atoms. The summed E-state index contributed by atoms with van der Waals surface area (Å²) in [5.74, 6) is 0.968. The lowest BCUT2D eigenvalue weighted by molar-refractivity contribution is 0.102. The number of ether oxygens (including phenoxy) is 2. The largest absolute Gasteiger partial charge is 0.492 e. The fraction of sp³-hybridized carbons (Fsp3) is 0.0800. The summed E-state index contributed by atoms with van der Waals surface area (Å²) in [6.07, 6.45) is 1.53. The SMILES string of the molecule is CCOc1ccccc1NC(=O)c1cccc(Oc2ccnc(-c3cccc(F)c3)n2)c1. The van der Waals surface area contributed by atoms with E-state index in [-0.39, 0.29) is 17.6 Å². The van der Waals surface area contributed by atoms with Crippen molar-refractivity contribution in [2.24, 2.45) is 0 Å². The minimum absolute atomic E-state index is 0.276. The highest BCUT2D eigenvalue weighted by atomic mass is 19.1. The third kappa shape index (κ3) is 5.07. The van der Waals surface area contributed by atoms with E-state index in [2.05, 4.69) is 15.3 Å². The summed E-state index contributed by atoms with van der Waals surface area (Å²) in [4.78, 5) is 21.3. The molecule has 0 saturated heterocycles. The molecular formula is C25H20FN3O3. The van der Waals surface area contributed by atoms with Crippen molar-refractivity contribution in [3.05, 3.63) is 96.4 Å². The van der Waals surface area contributed by atoms with Crippen LogP contribution >= 0.6 is 0 Å². The molecule has 32 heavy (non-hydrogen) atoms. The van der Waals surface area contributed by atoms with Crippen molar-refractivity contribution in [3.63, 3.8) is 0 Å². The highest BCUT2D eigenvalue weighted by Gasteiger charge is 2.12. The molecule has 4 aromatic rings. The lowest BCUT2D eigenvalue weighted by Crippen LogP contribution is -2.13. The van der Waals surface area contributed by atoms with Gasteiger partial charge in [-0.15, -0.1) is 0 Å². The standard InChI is InChI=1S/C25H20FN3O3/c1-2-31-22-12-4-3-11-21(22)28-25(30)18-8-6-10-20(16-18)32-23-13-14-27-24(29-23)17-7-5-9-19(26)15-17/h3-16H,2H2,1H3,(H,28,30). The summed E-state index contributed by atoms with van der Waals surface area (Å²) in [5, 5.41) is 2.86. The average molecular weight is 429 g/mol. The molecule has 6 nitrogen and oxygen atoms in total. The average Bonchev–Trinajstić information content (AvgIpc) is 2.81. The predicted octanol–water partition coefficient (Wildman–Crippen LogP) is 5.73. The van der Waals surface area contributed by atoms with Crippen molar-refractivity contribution >= 4 is 11.6 Å². The molecule has 0 atom stereocenters. The van der Waals surface area contributed by atoms with Crippen LogP contribution in [0.15, 0.2) is 85.1 Å². The quantitative estimate of drug-likeness (QED) is 0.406. The Morgan fingerprint density at radius 2 is 1.84 bits per heavy atom. The van der Waals surface area contributed by atoms with Gasteiger partial charge in [0.25, 0.3) is 5.91 Å². The number of benzene rings is 3. The van der Waals surface area contributed by atoms with E-state index in [9.17, 15) is 9.18 Å². The number of anilines is 1. The van der Waals surface area contributed by atoms with E-state index in [1.807, 2.05) is 19.1 Å². The molecule has 1 aromatic heterocycles. The van der Waals surface area contributed by atoms with Gasteiger partial charge < -0.3 is 14.8 Å².